The van der Waals surface area contributed by atoms with Gasteiger partial charge < -0.3 is 4.74 Å². The first-order chi connectivity index (χ1) is 6.85. The summed E-state index contributed by atoms with van der Waals surface area (Å²) in [6.45, 7) is 1.11. The minimum atomic E-state index is -1.14. The van der Waals surface area contributed by atoms with Crippen molar-refractivity contribution in [2.45, 2.75) is 19.4 Å². The maximum atomic E-state index is 10.3. The number of hydrogen-bond donors (Lipinski definition) is 0. The Balaban J connectivity index is 2.36. The van der Waals surface area contributed by atoms with Crippen molar-refractivity contribution in [2.24, 2.45) is 10.4 Å². The second-order valence-electron chi connectivity index (χ2n) is 3.11. The van der Waals surface area contributed by atoms with Gasteiger partial charge in [0.2, 0.25) is 6.17 Å². The topological polar surface area (TPSA) is 68.1 Å². The molecule has 14 heavy (non-hydrogen) atoms. The smallest absolute Gasteiger partial charge is 0.247 e. The van der Waals surface area contributed by atoms with E-state index in [0.29, 0.717) is 18.8 Å². The van der Waals surface area contributed by atoms with E-state index in [4.69, 9.17) is 4.74 Å². The molecule has 0 saturated heterocycles. The highest BCUT2D eigenvalue weighted by atomic mass is 16.5. The van der Waals surface area contributed by atoms with Crippen LogP contribution in [0.4, 0.5) is 0 Å². The summed E-state index contributed by atoms with van der Waals surface area (Å²) in [4.78, 5) is 20.5. The molecule has 0 fully saturated rings. The average Bonchev–Trinajstić information content (AvgIpc) is 2.66. The van der Waals surface area contributed by atoms with Crippen LogP contribution in [-0.2, 0) is 18.0 Å². The van der Waals surface area contributed by atoms with Crippen LogP contribution in [0, 0.1) is 9.81 Å². The van der Waals surface area contributed by atoms with E-state index in [1.54, 1.807) is 12.1 Å². The van der Waals surface area contributed by atoms with Crippen LogP contribution in [-0.4, -0.2) is 0 Å². The highest BCUT2D eigenvalue weighted by Crippen LogP contribution is 2.25. The number of ether oxygens (including phenoxy) is 1. The SMILES string of the molecule is O=NC(N=O)c1ccc2c(c1)COC2. The fourth-order valence-corrected chi connectivity index (χ4v) is 1.49. The molecule has 0 spiro atoms. The van der Waals surface area contributed by atoms with Gasteiger partial charge in [0.15, 0.2) is 0 Å². The Labute approximate surface area is 80.0 Å². The molecule has 5 heteroatoms. The zero-order valence-electron chi connectivity index (χ0n) is 7.34. The normalized spacial score (nSPS) is 14.1. The maximum Gasteiger partial charge on any atom is 0.247 e. The van der Waals surface area contributed by atoms with Gasteiger partial charge in [-0.1, -0.05) is 12.1 Å². The van der Waals surface area contributed by atoms with Crippen LogP contribution in [0.15, 0.2) is 28.6 Å². The number of rotatable bonds is 3. The summed E-state index contributed by atoms with van der Waals surface area (Å²) in [5, 5.41) is 5.26. The van der Waals surface area contributed by atoms with Crippen LogP contribution in [0.3, 0.4) is 0 Å². The van der Waals surface area contributed by atoms with Crippen molar-refractivity contribution in [3.8, 4) is 0 Å². The largest absolute Gasteiger partial charge is 0.372 e. The lowest BCUT2D eigenvalue weighted by atomic mass is 10.1. The molecule has 1 heterocycles. The summed E-state index contributed by atoms with van der Waals surface area (Å²) in [7, 11) is 0. The van der Waals surface area contributed by atoms with Gasteiger partial charge in [-0.05, 0) is 27.5 Å². The Hall–Kier alpha value is -1.62. The fourth-order valence-electron chi connectivity index (χ4n) is 1.49. The lowest BCUT2D eigenvalue weighted by Crippen LogP contribution is -1.92. The molecule has 1 aromatic carbocycles. The Kier molecular flexibility index (Phi) is 2.32. The van der Waals surface area contributed by atoms with Crippen LogP contribution in [0.2, 0.25) is 0 Å². The summed E-state index contributed by atoms with van der Waals surface area (Å²) in [6.07, 6.45) is -1.14. The number of fused-ring (bicyclic) bond motifs is 1. The van der Waals surface area contributed by atoms with E-state index in [9.17, 15) is 9.81 Å². The van der Waals surface area contributed by atoms with Crippen LogP contribution in [0.25, 0.3) is 0 Å². The third kappa shape index (κ3) is 1.42. The predicted octanol–water partition coefficient (Wildman–Crippen LogP) is 2.25. The van der Waals surface area contributed by atoms with Crippen molar-refractivity contribution >= 4 is 0 Å². The van der Waals surface area contributed by atoms with Crippen molar-refractivity contribution in [2.75, 3.05) is 0 Å². The molecule has 5 nitrogen and oxygen atoms in total. The molecule has 1 aromatic rings. The van der Waals surface area contributed by atoms with E-state index in [2.05, 4.69) is 10.4 Å². The van der Waals surface area contributed by atoms with Crippen LogP contribution < -0.4 is 0 Å². The maximum absolute atomic E-state index is 10.3. The highest BCUT2D eigenvalue weighted by molar-refractivity contribution is 5.34. The lowest BCUT2D eigenvalue weighted by molar-refractivity contribution is 0.134. The average molecular weight is 192 g/mol. The molecular weight excluding hydrogens is 184 g/mol. The van der Waals surface area contributed by atoms with Crippen molar-refractivity contribution in [3.63, 3.8) is 0 Å². The monoisotopic (exact) mass is 192 g/mol. The summed E-state index contributed by atoms with van der Waals surface area (Å²) in [6, 6.07) is 5.26. The first-order valence-corrected chi connectivity index (χ1v) is 4.19. The van der Waals surface area contributed by atoms with E-state index >= 15 is 0 Å². The van der Waals surface area contributed by atoms with Crippen molar-refractivity contribution in [1.29, 1.82) is 0 Å². The predicted molar refractivity (Wildman–Crippen MR) is 49.3 cm³/mol. The van der Waals surface area contributed by atoms with Gasteiger partial charge in [-0.15, -0.1) is 9.81 Å². The van der Waals surface area contributed by atoms with Gasteiger partial charge in [-0.25, -0.2) is 0 Å². The van der Waals surface area contributed by atoms with Crippen molar-refractivity contribution in [1.82, 2.24) is 0 Å². The van der Waals surface area contributed by atoms with Gasteiger partial charge in [-0.2, -0.15) is 0 Å². The van der Waals surface area contributed by atoms with Crippen LogP contribution in [0.1, 0.15) is 22.9 Å². The second kappa shape index (κ2) is 3.63. The Morgan fingerprint density at radius 3 is 2.57 bits per heavy atom. The first-order valence-electron chi connectivity index (χ1n) is 4.19. The molecule has 0 atom stereocenters. The van der Waals surface area contributed by atoms with Crippen molar-refractivity contribution in [3.05, 3.63) is 44.7 Å². The molecule has 0 aromatic heterocycles. The molecule has 1 aliphatic rings. The Morgan fingerprint density at radius 2 is 1.86 bits per heavy atom. The lowest BCUT2D eigenvalue weighted by Gasteiger charge is -2.02. The number of nitrogens with zero attached hydrogens (tertiary/aromatic N) is 2. The number of nitroso groups, excluding NO2 is 2. The van der Waals surface area contributed by atoms with E-state index in [0.717, 1.165) is 11.1 Å². The molecule has 2 rings (SSSR count). The molecule has 72 valence electrons. The molecule has 0 bridgehead atoms. The summed E-state index contributed by atoms with van der Waals surface area (Å²) < 4.78 is 5.20. The third-order valence-electron chi connectivity index (χ3n) is 2.24. The van der Waals surface area contributed by atoms with Gasteiger partial charge in [0, 0.05) is 5.56 Å². The van der Waals surface area contributed by atoms with E-state index in [-0.39, 0.29) is 0 Å². The van der Waals surface area contributed by atoms with Gasteiger partial charge in [0.1, 0.15) is 0 Å². The minimum absolute atomic E-state index is 0.521. The minimum Gasteiger partial charge on any atom is -0.372 e. The molecule has 1 aliphatic heterocycles. The van der Waals surface area contributed by atoms with Crippen LogP contribution in [0.5, 0.6) is 0 Å². The highest BCUT2D eigenvalue weighted by Gasteiger charge is 2.16. The van der Waals surface area contributed by atoms with Crippen LogP contribution >= 0.6 is 0 Å². The molecular formula is C9H8N2O3. The molecule has 0 aliphatic carbocycles. The zero-order valence-corrected chi connectivity index (χ0v) is 7.34. The Morgan fingerprint density at radius 1 is 1.14 bits per heavy atom. The van der Waals surface area contributed by atoms with Gasteiger partial charge in [0.05, 0.1) is 13.2 Å². The summed E-state index contributed by atoms with van der Waals surface area (Å²) in [5.74, 6) is 0. The number of hydrogen-bond acceptors (Lipinski definition) is 5. The Bertz CT molecular complexity index is 370. The molecule has 0 saturated carbocycles. The summed E-state index contributed by atoms with van der Waals surface area (Å²) >= 11 is 0. The molecule has 0 N–H and O–H groups in total. The van der Waals surface area contributed by atoms with E-state index in [1.165, 1.54) is 0 Å². The number of benzene rings is 1. The molecule has 0 unspecified atom stereocenters. The third-order valence-corrected chi connectivity index (χ3v) is 2.24. The second-order valence-corrected chi connectivity index (χ2v) is 3.11. The fraction of sp³-hybridized carbons (Fsp3) is 0.333. The molecule has 0 radical (unpaired) electrons. The standard InChI is InChI=1S/C9H8N2O3/c12-10-9(11-13)6-1-2-7-4-14-5-8(7)3-6/h1-3,9H,4-5H2. The van der Waals surface area contributed by atoms with Gasteiger partial charge in [0.25, 0.3) is 0 Å². The summed E-state index contributed by atoms with van der Waals surface area (Å²) in [5.41, 5.74) is 2.61. The van der Waals surface area contributed by atoms with Crippen molar-refractivity contribution < 1.29 is 4.74 Å². The van der Waals surface area contributed by atoms with Gasteiger partial charge in [-0.3, -0.25) is 0 Å². The molecule has 0 amide bonds. The quantitative estimate of drug-likeness (QED) is 0.689. The zero-order chi connectivity index (χ0) is 9.97. The van der Waals surface area contributed by atoms with E-state index < -0.39 is 6.17 Å². The van der Waals surface area contributed by atoms with Gasteiger partial charge >= 0.3 is 0 Å². The first kappa shape index (κ1) is 8.96. The van der Waals surface area contributed by atoms with E-state index in [1.807, 2.05) is 6.07 Å².